The molecule has 0 bridgehead atoms. The molecule has 2 nitrogen and oxygen atoms in total. The van der Waals surface area contributed by atoms with Gasteiger partial charge in [-0.25, -0.2) is 0 Å². The van der Waals surface area contributed by atoms with E-state index in [0.29, 0.717) is 19.1 Å². The summed E-state index contributed by atoms with van der Waals surface area (Å²) in [7, 11) is 0. The van der Waals surface area contributed by atoms with Gasteiger partial charge in [0, 0.05) is 0 Å². The van der Waals surface area contributed by atoms with Gasteiger partial charge < -0.3 is 9.90 Å². The Hall–Kier alpha value is -1.41. The number of hydrogen-bond donors (Lipinski definition) is 1. The third-order valence-corrected chi connectivity index (χ3v) is 2.97. The minimum Gasteiger partial charge on any atom is -0.382 e. The van der Waals surface area contributed by atoms with E-state index >= 15 is 0 Å². The van der Waals surface area contributed by atoms with Crippen LogP contribution in [0.2, 0.25) is 0 Å². The average Bonchev–Trinajstić information content (AvgIpc) is 2.41. The van der Waals surface area contributed by atoms with Crippen molar-refractivity contribution in [3.05, 3.63) is 42.5 Å². The number of benzene rings is 1. The van der Waals surface area contributed by atoms with Crippen molar-refractivity contribution < 1.29 is 9.90 Å². The molecule has 1 N–H and O–H groups in total. The first-order chi connectivity index (χ1) is 8.20. The summed E-state index contributed by atoms with van der Waals surface area (Å²) in [4.78, 5) is 10.2. The van der Waals surface area contributed by atoms with Crippen LogP contribution in [0.1, 0.15) is 37.7 Å². The lowest BCUT2D eigenvalue weighted by Crippen LogP contribution is -2.32. The Morgan fingerprint density at radius 3 is 2.06 bits per heavy atom. The number of rotatable bonds is 2. The highest BCUT2D eigenvalue weighted by molar-refractivity contribution is 5.61. The van der Waals surface area contributed by atoms with Crippen LogP contribution in [0.4, 0.5) is 0 Å². The van der Waals surface area contributed by atoms with E-state index in [0.717, 1.165) is 19.3 Å². The Morgan fingerprint density at radius 1 is 1.12 bits per heavy atom. The fourth-order valence-corrected chi connectivity index (χ4v) is 1.87. The number of aldehydes is 1. The second-order valence-electron chi connectivity index (χ2n) is 4.40. The first kappa shape index (κ1) is 13.7. The molecule has 0 aliphatic heterocycles. The number of carbonyl (C=O) groups excluding carboxylic acids is 1. The van der Waals surface area contributed by atoms with Crippen molar-refractivity contribution in [3.63, 3.8) is 0 Å². The Balaban J connectivity index is 0.000000171. The maximum absolute atomic E-state index is 10.2. The Bertz CT molecular complexity index is 337. The maximum Gasteiger partial charge on any atom is 0.151 e. The summed E-state index contributed by atoms with van der Waals surface area (Å²) in [6.45, 7) is 3.63. The summed E-state index contributed by atoms with van der Waals surface area (Å²) in [5.74, 6) is 0. The third kappa shape index (κ3) is 4.96. The van der Waals surface area contributed by atoms with Gasteiger partial charge in [-0.2, -0.15) is 0 Å². The Morgan fingerprint density at radius 2 is 1.71 bits per heavy atom. The van der Waals surface area contributed by atoms with Gasteiger partial charge in [-0.05, 0) is 18.4 Å². The lowest BCUT2D eigenvalue weighted by atomic mass is 9.86. The molecular formula is C15H20O2. The average molecular weight is 232 g/mol. The third-order valence-electron chi connectivity index (χ3n) is 2.97. The van der Waals surface area contributed by atoms with E-state index in [-0.39, 0.29) is 0 Å². The molecule has 92 valence electrons. The Labute approximate surface area is 103 Å². The highest BCUT2D eigenvalue weighted by Crippen LogP contribution is 2.25. The molecule has 1 saturated carbocycles. The van der Waals surface area contributed by atoms with Crippen molar-refractivity contribution >= 4 is 12.4 Å². The molecule has 1 aliphatic rings. The van der Waals surface area contributed by atoms with E-state index in [2.05, 4.69) is 6.58 Å². The predicted octanol–water partition coefficient (Wildman–Crippen LogP) is 3.21. The van der Waals surface area contributed by atoms with Gasteiger partial charge in [0.05, 0.1) is 0 Å². The van der Waals surface area contributed by atoms with Crippen LogP contribution < -0.4 is 0 Å². The summed E-state index contributed by atoms with van der Waals surface area (Å²) >= 11 is 0. The zero-order chi connectivity index (χ0) is 12.6. The zero-order valence-corrected chi connectivity index (χ0v) is 10.1. The SMILES string of the molecule is C=Cc1ccccc1.O=CC1(O)CCCCC1. The van der Waals surface area contributed by atoms with Crippen LogP contribution in [0.3, 0.4) is 0 Å². The van der Waals surface area contributed by atoms with Gasteiger partial charge in [0.1, 0.15) is 5.60 Å². The minimum atomic E-state index is -0.960. The number of aliphatic hydroxyl groups is 1. The molecule has 0 heterocycles. The molecule has 1 aromatic carbocycles. The minimum absolute atomic E-state index is 0.663. The largest absolute Gasteiger partial charge is 0.382 e. The molecule has 1 aromatic rings. The van der Waals surface area contributed by atoms with Crippen molar-refractivity contribution in [2.24, 2.45) is 0 Å². The molecule has 17 heavy (non-hydrogen) atoms. The van der Waals surface area contributed by atoms with E-state index in [4.69, 9.17) is 0 Å². The number of carbonyl (C=O) groups is 1. The van der Waals surface area contributed by atoms with Crippen LogP contribution in [-0.2, 0) is 4.79 Å². The van der Waals surface area contributed by atoms with Crippen LogP contribution >= 0.6 is 0 Å². The van der Waals surface area contributed by atoms with Crippen molar-refractivity contribution in [1.29, 1.82) is 0 Å². The van der Waals surface area contributed by atoms with E-state index in [1.165, 1.54) is 5.56 Å². The highest BCUT2D eigenvalue weighted by atomic mass is 16.3. The first-order valence-corrected chi connectivity index (χ1v) is 6.06. The van der Waals surface area contributed by atoms with Crippen LogP contribution in [0.15, 0.2) is 36.9 Å². The van der Waals surface area contributed by atoms with Gasteiger partial charge in [-0.3, -0.25) is 0 Å². The molecule has 2 rings (SSSR count). The van der Waals surface area contributed by atoms with Crippen LogP contribution in [0, 0.1) is 0 Å². The van der Waals surface area contributed by atoms with E-state index in [1.807, 2.05) is 36.4 Å². The van der Waals surface area contributed by atoms with Gasteiger partial charge in [0.25, 0.3) is 0 Å². The molecule has 0 amide bonds. The van der Waals surface area contributed by atoms with Crippen molar-refractivity contribution in [3.8, 4) is 0 Å². The molecular weight excluding hydrogens is 212 g/mol. The van der Waals surface area contributed by atoms with Crippen LogP contribution in [0.5, 0.6) is 0 Å². The lowest BCUT2D eigenvalue weighted by molar-refractivity contribution is -0.126. The Kier molecular flexibility index (Phi) is 5.64. The summed E-state index contributed by atoms with van der Waals surface area (Å²) in [5.41, 5.74) is 0.214. The summed E-state index contributed by atoms with van der Waals surface area (Å²) in [6.07, 6.45) is 7.00. The molecule has 0 spiro atoms. The lowest BCUT2D eigenvalue weighted by Gasteiger charge is -2.25. The van der Waals surface area contributed by atoms with E-state index < -0.39 is 5.60 Å². The predicted molar refractivity (Wildman–Crippen MR) is 70.6 cm³/mol. The smallest absolute Gasteiger partial charge is 0.151 e. The first-order valence-electron chi connectivity index (χ1n) is 6.06. The van der Waals surface area contributed by atoms with Crippen molar-refractivity contribution in [1.82, 2.24) is 0 Å². The van der Waals surface area contributed by atoms with E-state index in [1.54, 1.807) is 0 Å². The molecule has 0 aromatic heterocycles. The van der Waals surface area contributed by atoms with Crippen LogP contribution in [0.25, 0.3) is 6.08 Å². The van der Waals surface area contributed by atoms with Crippen LogP contribution in [-0.4, -0.2) is 17.0 Å². The second kappa shape index (κ2) is 7.02. The molecule has 0 unspecified atom stereocenters. The normalized spacial score (nSPS) is 17.5. The van der Waals surface area contributed by atoms with Gasteiger partial charge in [-0.15, -0.1) is 0 Å². The fraction of sp³-hybridized carbons (Fsp3) is 0.400. The molecule has 1 aliphatic carbocycles. The van der Waals surface area contributed by atoms with Crippen molar-refractivity contribution in [2.75, 3.05) is 0 Å². The monoisotopic (exact) mass is 232 g/mol. The zero-order valence-electron chi connectivity index (χ0n) is 10.1. The molecule has 0 saturated heterocycles. The summed E-state index contributed by atoms with van der Waals surface area (Å²) < 4.78 is 0. The molecule has 0 radical (unpaired) electrons. The number of hydrogen-bond acceptors (Lipinski definition) is 2. The topological polar surface area (TPSA) is 37.3 Å². The van der Waals surface area contributed by atoms with Gasteiger partial charge in [0.2, 0.25) is 0 Å². The summed E-state index contributed by atoms with van der Waals surface area (Å²) in [6, 6.07) is 10.0. The second-order valence-corrected chi connectivity index (χ2v) is 4.40. The standard InChI is InChI=1S/C8H8.C7H12O2/c1-2-8-6-4-3-5-7-8;8-6-7(9)4-2-1-3-5-7/h2-7H,1H2;6,9H,1-5H2. The highest BCUT2D eigenvalue weighted by Gasteiger charge is 2.27. The van der Waals surface area contributed by atoms with Crippen molar-refractivity contribution in [2.45, 2.75) is 37.7 Å². The van der Waals surface area contributed by atoms with E-state index in [9.17, 15) is 9.90 Å². The molecule has 1 fully saturated rings. The quantitative estimate of drug-likeness (QED) is 0.795. The van der Waals surface area contributed by atoms with Gasteiger partial charge in [0.15, 0.2) is 6.29 Å². The maximum atomic E-state index is 10.2. The fourth-order valence-electron chi connectivity index (χ4n) is 1.87. The molecule has 0 atom stereocenters. The van der Waals surface area contributed by atoms with Gasteiger partial charge >= 0.3 is 0 Å². The molecule has 2 heteroatoms. The summed E-state index contributed by atoms with van der Waals surface area (Å²) in [5, 5.41) is 9.31. The van der Waals surface area contributed by atoms with Gasteiger partial charge in [-0.1, -0.05) is 62.2 Å².